The Balaban J connectivity index is 2.94. The number of hydrogen-bond donors (Lipinski definition) is 0. The van der Waals surface area contributed by atoms with Gasteiger partial charge in [0, 0.05) is 26.1 Å². The summed E-state index contributed by atoms with van der Waals surface area (Å²) in [6.07, 6.45) is 20.7. The Morgan fingerprint density at radius 3 is 1.09 bits per heavy atom. The summed E-state index contributed by atoms with van der Waals surface area (Å²) >= 11 is 0. The van der Waals surface area contributed by atoms with Gasteiger partial charge in [0.15, 0.2) is 0 Å². The maximum absolute atomic E-state index is 10.2. The first-order chi connectivity index (χ1) is 11.4. The van der Waals surface area contributed by atoms with Crippen molar-refractivity contribution in [3.05, 3.63) is 0 Å². The van der Waals surface area contributed by atoms with Crippen LogP contribution in [-0.4, -0.2) is 25.8 Å². The Morgan fingerprint density at radius 1 is 0.435 bits per heavy atom. The molecule has 0 amide bonds. The van der Waals surface area contributed by atoms with E-state index in [0.717, 1.165) is 51.5 Å². The topological polar surface area (TPSA) is 43.4 Å². The van der Waals surface area contributed by atoms with Crippen molar-refractivity contribution in [1.29, 1.82) is 0 Å². The number of aldehydes is 2. The molecule has 0 aliphatic carbocycles. The zero-order valence-electron chi connectivity index (χ0n) is 15.1. The minimum absolute atomic E-state index is 0.730. The lowest BCUT2D eigenvalue weighted by molar-refractivity contribution is -0.108. The number of unbranched alkanes of at least 4 members (excludes halogenated alkanes) is 14. The first kappa shape index (κ1) is 22.3. The Bertz CT molecular complexity index is 217. The molecule has 0 aromatic rings. The number of rotatable bonds is 20. The zero-order valence-corrected chi connectivity index (χ0v) is 15.1. The second-order valence-electron chi connectivity index (χ2n) is 6.47. The molecule has 0 spiro atoms. The molecule has 0 saturated heterocycles. The molecular formula is C20H38O3. The fourth-order valence-corrected chi connectivity index (χ4v) is 2.73. The lowest BCUT2D eigenvalue weighted by Crippen LogP contribution is -1.97. The third kappa shape index (κ3) is 21.3. The minimum atomic E-state index is 0.730. The molecule has 0 radical (unpaired) electrons. The van der Waals surface area contributed by atoms with Crippen LogP contribution in [0.5, 0.6) is 0 Å². The summed E-state index contributed by atoms with van der Waals surface area (Å²) in [5.41, 5.74) is 0. The van der Waals surface area contributed by atoms with Crippen LogP contribution in [0.4, 0.5) is 0 Å². The Labute approximate surface area is 143 Å². The maximum Gasteiger partial charge on any atom is 0.119 e. The summed E-state index contributed by atoms with van der Waals surface area (Å²) in [6.45, 7) is 1.83. The molecule has 0 heterocycles. The molecule has 3 heteroatoms. The molecule has 0 aliphatic heterocycles. The van der Waals surface area contributed by atoms with Gasteiger partial charge < -0.3 is 14.3 Å². The van der Waals surface area contributed by atoms with E-state index in [1.807, 2.05) is 0 Å². The van der Waals surface area contributed by atoms with Crippen LogP contribution in [0.1, 0.15) is 103 Å². The number of carbonyl (C=O) groups excluding carboxylic acids is 2. The van der Waals surface area contributed by atoms with Crippen molar-refractivity contribution >= 4 is 12.6 Å². The van der Waals surface area contributed by atoms with Gasteiger partial charge in [-0.05, 0) is 25.7 Å². The van der Waals surface area contributed by atoms with Crippen LogP contribution < -0.4 is 0 Å². The van der Waals surface area contributed by atoms with E-state index in [9.17, 15) is 9.59 Å². The second kappa shape index (κ2) is 21.3. The third-order valence-electron chi connectivity index (χ3n) is 4.22. The summed E-state index contributed by atoms with van der Waals surface area (Å²) in [5, 5.41) is 0. The molecule has 3 nitrogen and oxygen atoms in total. The molecule has 0 unspecified atom stereocenters. The van der Waals surface area contributed by atoms with Gasteiger partial charge >= 0.3 is 0 Å². The van der Waals surface area contributed by atoms with Gasteiger partial charge in [0.1, 0.15) is 12.6 Å². The van der Waals surface area contributed by atoms with Crippen LogP contribution in [-0.2, 0) is 14.3 Å². The van der Waals surface area contributed by atoms with E-state index in [4.69, 9.17) is 4.74 Å². The van der Waals surface area contributed by atoms with E-state index in [2.05, 4.69) is 0 Å². The fraction of sp³-hybridized carbons (Fsp3) is 0.900. The van der Waals surface area contributed by atoms with Gasteiger partial charge in [0.05, 0.1) is 0 Å². The largest absolute Gasteiger partial charge is 0.381 e. The molecular weight excluding hydrogens is 288 g/mol. The SMILES string of the molecule is O=CCCCCCCCCCOCCCCCCCCCC=O. The van der Waals surface area contributed by atoms with E-state index < -0.39 is 0 Å². The van der Waals surface area contributed by atoms with Crippen molar-refractivity contribution in [2.24, 2.45) is 0 Å². The van der Waals surface area contributed by atoms with Gasteiger partial charge in [-0.3, -0.25) is 0 Å². The van der Waals surface area contributed by atoms with Gasteiger partial charge in [0.25, 0.3) is 0 Å². The van der Waals surface area contributed by atoms with E-state index in [1.165, 1.54) is 77.0 Å². The molecule has 0 N–H and O–H groups in total. The zero-order chi connectivity index (χ0) is 16.8. The van der Waals surface area contributed by atoms with Gasteiger partial charge in [-0.2, -0.15) is 0 Å². The average molecular weight is 327 g/mol. The van der Waals surface area contributed by atoms with Crippen LogP contribution in [0.25, 0.3) is 0 Å². The maximum atomic E-state index is 10.2. The highest BCUT2D eigenvalue weighted by Crippen LogP contribution is 2.09. The molecule has 0 aromatic heterocycles. The van der Waals surface area contributed by atoms with Crippen LogP contribution in [0, 0.1) is 0 Å². The Kier molecular flexibility index (Phi) is 20.7. The monoisotopic (exact) mass is 326 g/mol. The molecule has 0 bridgehead atoms. The summed E-state index contributed by atoms with van der Waals surface area (Å²) in [5.74, 6) is 0. The normalized spacial score (nSPS) is 10.8. The summed E-state index contributed by atoms with van der Waals surface area (Å²) < 4.78 is 5.68. The van der Waals surface area contributed by atoms with Crippen molar-refractivity contribution < 1.29 is 14.3 Å². The quantitative estimate of drug-likeness (QED) is 0.215. The standard InChI is InChI=1S/C20H38O3/c21-17-13-9-5-1-3-7-11-15-19-23-20-16-12-8-4-2-6-10-14-18-22/h17-18H,1-16,19-20H2. The third-order valence-corrected chi connectivity index (χ3v) is 4.22. The van der Waals surface area contributed by atoms with Crippen LogP contribution >= 0.6 is 0 Å². The molecule has 0 rings (SSSR count). The number of ether oxygens (including phenoxy) is 1. The molecule has 0 fully saturated rings. The first-order valence-electron chi connectivity index (χ1n) is 9.87. The molecule has 0 atom stereocenters. The van der Waals surface area contributed by atoms with Crippen LogP contribution in [0.2, 0.25) is 0 Å². The lowest BCUT2D eigenvalue weighted by Gasteiger charge is -2.05. The predicted molar refractivity (Wildman–Crippen MR) is 96.8 cm³/mol. The van der Waals surface area contributed by atoms with Crippen molar-refractivity contribution in [2.45, 2.75) is 103 Å². The highest BCUT2D eigenvalue weighted by atomic mass is 16.5. The van der Waals surface area contributed by atoms with Crippen molar-refractivity contribution in [1.82, 2.24) is 0 Å². The molecule has 0 saturated carbocycles. The smallest absolute Gasteiger partial charge is 0.119 e. The van der Waals surface area contributed by atoms with Gasteiger partial charge in [-0.25, -0.2) is 0 Å². The van der Waals surface area contributed by atoms with Crippen molar-refractivity contribution in [2.75, 3.05) is 13.2 Å². The fourth-order valence-electron chi connectivity index (χ4n) is 2.73. The highest BCUT2D eigenvalue weighted by molar-refractivity contribution is 5.49. The Morgan fingerprint density at radius 2 is 0.739 bits per heavy atom. The van der Waals surface area contributed by atoms with E-state index >= 15 is 0 Å². The van der Waals surface area contributed by atoms with E-state index in [-0.39, 0.29) is 0 Å². The van der Waals surface area contributed by atoms with Crippen LogP contribution in [0.15, 0.2) is 0 Å². The van der Waals surface area contributed by atoms with Crippen LogP contribution in [0.3, 0.4) is 0 Å². The summed E-state index contributed by atoms with van der Waals surface area (Å²) in [6, 6.07) is 0. The minimum Gasteiger partial charge on any atom is -0.381 e. The number of hydrogen-bond acceptors (Lipinski definition) is 3. The van der Waals surface area contributed by atoms with Gasteiger partial charge in [-0.1, -0.05) is 64.2 Å². The molecule has 0 aromatic carbocycles. The summed E-state index contributed by atoms with van der Waals surface area (Å²) in [4.78, 5) is 20.3. The van der Waals surface area contributed by atoms with Crippen molar-refractivity contribution in [3.8, 4) is 0 Å². The average Bonchev–Trinajstić information content (AvgIpc) is 2.57. The second-order valence-corrected chi connectivity index (χ2v) is 6.47. The summed E-state index contributed by atoms with van der Waals surface area (Å²) in [7, 11) is 0. The van der Waals surface area contributed by atoms with Gasteiger partial charge in [0.2, 0.25) is 0 Å². The molecule has 23 heavy (non-hydrogen) atoms. The lowest BCUT2D eigenvalue weighted by atomic mass is 10.1. The highest BCUT2D eigenvalue weighted by Gasteiger charge is 1.94. The van der Waals surface area contributed by atoms with E-state index in [1.54, 1.807) is 0 Å². The first-order valence-corrected chi connectivity index (χ1v) is 9.87. The van der Waals surface area contributed by atoms with Gasteiger partial charge in [-0.15, -0.1) is 0 Å². The predicted octanol–water partition coefficient (Wildman–Crippen LogP) is 5.64. The number of carbonyl (C=O) groups is 2. The molecule has 0 aliphatic rings. The molecule has 136 valence electrons. The Hall–Kier alpha value is -0.700. The van der Waals surface area contributed by atoms with E-state index in [0.29, 0.717) is 0 Å². The van der Waals surface area contributed by atoms with Crippen molar-refractivity contribution in [3.63, 3.8) is 0 Å².